The van der Waals surface area contributed by atoms with Crippen LogP contribution in [0.2, 0.25) is 0 Å². The Hall–Kier alpha value is -0.480. The molecule has 9 heteroatoms. The van der Waals surface area contributed by atoms with Gasteiger partial charge in [-0.05, 0) is 0 Å². The zero-order chi connectivity index (χ0) is 13.9. The molecule has 0 spiro atoms. The van der Waals surface area contributed by atoms with Gasteiger partial charge in [0.1, 0.15) is 16.2 Å². The van der Waals surface area contributed by atoms with Crippen LogP contribution in [0.3, 0.4) is 0 Å². The number of nitrogens with one attached hydrogen (secondary N) is 3. The SMILES string of the molecule is S=C1NC(S)Nc2nc(SCCN3CCOCC3)[nH]c21. The summed E-state index contributed by atoms with van der Waals surface area (Å²) in [5.74, 6) is 1.78. The number of rotatable bonds is 4. The molecule has 2 aliphatic rings. The van der Waals surface area contributed by atoms with Crippen molar-refractivity contribution < 1.29 is 4.74 Å². The standard InChI is InChI=1S/C11H17N5OS3/c18-9-7-8(13-10(19)15-9)14-11(12-7)20-6-3-16-1-4-17-5-2-16/h10,13,19H,1-6H2,(H,12,14)(H,15,18). The number of fused-ring (bicyclic) bond motifs is 1. The minimum atomic E-state index is -0.176. The molecule has 0 aliphatic carbocycles. The van der Waals surface area contributed by atoms with E-state index >= 15 is 0 Å². The lowest BCUT2D eigenvalue weighted by Crippen LogP contribution is -2.40. The Kier molecular flexibility index (Phi) is 4.72. The minimum Gasteiger partial charge on any atom is -0.379 e. The molecule has 0 bridgehead atoms. The summed E-state index contributed by atoms with van der Waals surface area (Å²) in [6.07, 6.45) is 0. The van der Waals surface area contributed by atoms with Gasteiger partial charge in [0.25, 0.3) is 0 Å². The Balaban J connectivity index is 1.53. The van der Waals surface area contributed by atoms with Crippen LogP contribution in [0.1, 0.15) is 5.69 Å². The van der Waals surface area contributed by atoms with Crippen molar-refractivity contribution in [3.05, 3.63) is 5.69 Å². The van der Waals surface area contributed by atoms with E-state index in [9.17, 15) is 0 Å². The van der Waals surface area contributed by atoms with E-state index in [2.05, 4.69) is 38.1 Å². The number of anilines is 1. The highest BCUT2D eigenvalue weighted by molar-refractivity contribution is 7.99. The highest BCUT2D eigenvalue weighted by Gasteiger charge is 2.22. The zero-order valence-corrected chi connectivity index (χ0v) is 13.4. The quantitative estimate of drug-likeness (QED) is 0.369. The first-order valence-electron chi connectivity index (χ1n) is 6.51. The van der Waals surface area contributed by atoms with Crippen LogP contribution in [-0.4, -0.2) is 64.0 Å². The number of hydrogen-bond acceptors (Lipinski definition) is 7. The second-order valence-electron chi connectivity index (χ2n) is 4.59. The predicted molar refractivity (Wildman–Crippen MR) is 87.8 cm³/mol. The van der Waals surface area contributed by atoms with E-state index < -0.39 is 0 Å². The maximum Gasteiger partial charge on any atom is 0.168 e. The monoisotopic (exact) mass is 331 g/mol. The normalized spacial score (nSPS) is 23.1. The summed E-state index contributed by atoms with van der Waals surface area (Å²) in [6.45, 7) is 4.77. The first kappa shape index (κ1) is 14.5. The summed E-state index contributed by atoms with van der Waals surface area (Å²) in [5, 5.41) is 7.06. The Morgan fingerprint density at radius 3 is 3.00 bits per heavy atom. The molecule has 110 valence electrons. The third-order valence-electron chi connectivity index (χ3n) is 3.20. The number of aromatic nitrogens is 2. The van der Waals surface area contributed by atoms with E-state index in [1.54, 1.807) is 11.8 Å². The second kappa shape index (κ2) is 6.52. The highest BCUT2D eigenvalue weighted by Crippen LogP contribution is 2.24. The topological polar surface area (TPSA) is 65.2 Å². The number of morpholine rings is 1. The molecule has 1 saturated heterocycles. The van der Waals surface area contributed by atoms with Crippen molar-refractivity contribution in [1.82, 2.24) is 20.2 Å². The second-order valence-corrected chi connectivity index (χ2v) is 6.60. The Bertz CT molecular complexity index is 488. The van der Waals surface area contributed by atoms with Crippen LogP contribution in [0.4, 0.5) is 5.82 Å². The number of H-pyrrole nitrogens is 1. The highest BCUT2D eigenvalue weighted by atomic mass is 32.2. The fourth-order valence-corrected chi connectivity index (χ4v) is 3.62. The number of thiocarbonyl (C=S) groups is 1. The summed E-state index contributed by atoms with van der Waals surface area (Å²) in [5.41, 5.74) is 0.670. The van der Waals surface area contributed by atoms with Crippen molar-refractivity contribution in [3.63, 3.8) is 0 Å². The van der Waals surface area contributed by atoms with Gasteiger partial charge in [-0.1, -0.05) is 24.0 Å². The van der Waals surface area contributed by atoms with Gasteiger partial charge in [-0.15, -0.1) is 12.6 Å². The molecule has 2 aliphatic heterocycles. The molecule has 1 aromatic heterocycles. The maximum atomic E-state index is 5.34. The van der Waals surface area contributed by atoms with Crippen molar-refractivity contribution in [2.75, 3.05) is 43.9 Å². The fraction of sp³-hybridized carbons (Fsp3) is 0.636. The molecule has 1 unspecified atom stereocenters. The zero-order valence-electron chi connectivity index (χ0n) is 10.9. The smallest absolute Gasteiger partial charge is 0.168 e. The van der Waals surface area contributed by atoms with Crippen LogP contribution in [0.15, 0.2) is 5.16 Å². The van der Waals surface area contributed by atoms with Crippen LogP contribution >= 0.6 is 36.6 Å². The summed E-state index contributed by atoms with van der Waals surface area (Å²) < 4.78 is 5.34. The molecule has 1 aromatic rings. The first-order valence-corrected chi connectivity index (χ1v) is 8.42. The molecular formula is C11H17N5OS3. The van der Waals surface area contributed by atoms with Gasteiger partial charge in [0.15, 0.2) is 11.0 Å². The number of imidazole rings is 1. The van der Waals surface area contributed by atoms with E-state index in [-0.39, 0.29) is 5.50 Å². The molecule has 3 heterocycles. The molecule has 1 fully saturated rings. The molecule has 0 radical (unpaired) electrons. The average Bonchev–Trinajstić information content (AvgIpc) is 2.83. The number of thiol groups is 1. The van der Waals surface area contributed by atoms with Crippen molar-refractivity contribution in [2.24, 2.45) is 0 Å². The van der Waals surface area contributed by atoms with E-state index in [0.29, 0.717) is 4.99 Å². The van der Waals surface area contributed by atoms with Crippen LogP contribution in [0, 0.1) is 0 Å². The van der Waals surface area contributed by atoms with Crippen molar-refractivity contribution >= 4 is 47.4 Å². The maximum absolute atomic E-state index is 5.34. The number of hydrogen-bond donors (Lipinski definition) is 4. The van der Waals surface area contributed by atoms with Crippen LogP contribution < -0.4 is 10.6 Å². The molecule has 3 N–H and O–H groups in total. The molecule has 20 heavy (non-hydrogen) atoms. The molecule has 0 amide bonds. The van der Waals surface area contributed by atoms with Gasteiger partial charge in [-0.2, -0.15) is 0 Å². The number of aromatic amines is 1. The summed E-state index contributed by atoms with van der Waals surface area (Å²) in [6, 6.07) is 0. The first-order chi connectivity index (χ1) is 9.72. The van der Waals surface area contributed by atoms with Crippen molar-refractivity contribution in [3.8, 4) is 0 Å². The lowest BCUT2D eigenvalue weighted by molar-refractivity contribution is 0.0410. The van der Waals surface area contributed by atoms with E-state index in [4.69, 9.17) is 17.0 Å². The van der Waals surface area contributed by atoms with Gasteiger partial charge >= 0.3 is 0 Å². The Morgan fingerprint density at radius 1 is 1.40 bits per heavy atom. The molecule has 0 aromatic carbocycles. The fourth-order valence-electron chi connectivity index (χ4n) is 2.15. The number of thioether (sulfide) groups is 1. The third kappa shape index (κ3) is 3.40. The van der Waals surface area contributed by atoms with Gasteiger partial charge in [0, 0.05) is 25.4 Å². The molecule has 0 saturated carbocycles. The largest absolute Gasteiger partial charge is 0.379 e. The molecule has 1 atom stereocenters. The molecule has 6 nitrogen and oxygen atoms in total. The molecule has 3 rings (SSSR count). The van der Waals surface area contributed by atoms with Gasteiger partial charge in [-0.3, -0.25) is 4.90 Å². The van der Waals surface area contributed by atoms with E-state index in [1.165, 1.54) is 0 Å². The van der Waals surface area contributed by atoms with Gasteiger partial charge in [0.2, 0.25) is 0 Å². The van der Waals surface area contributed by atoms with Gasteiger partial charge < -0.3 is 20.4 Å². The lowest BCUT2D eigenvalue weighted by atomic mass is 10.4. The Labute approximate surface area is 132 Å². The summed E-state index contributed by atoms with van der Waals surface area (Å²) in [4.78, 5) is 10.8. The van der Waals surface area contributed by atoms with E-state index in [0.717, 1.165) is 55.3 Å². The van der Waals surface area contributed by atoms with Crippen molar-refractivity contribution in [2.45, 2.75) is 10.7 Å². The average molecular weight is 331 g/mol. The summed E-state index contributed by atoms with van der Waals surface area (Å²) in [7, 11) is 0. The van der Waals surface area contributed by atoms with Gasteiger partial charge in [0.05, 0.1) is 13.2 Å². The summed E-state index contributed by atoms with van der Waals surface area (Å²) >= 11 is 11.3. The van der Waals surface area contributed by atoms with Crippen LogP contribution in [0.5, 0.6) is 0 Å². The van der Waals surface area contributed by atoms with Crippen molar-refractivity contribution in [1.29, 1.82) is 0 Å². The minimum absolute atomic E-state index is 0.176. The third-order valence-corrected chi connectivity index (χ3v) is 4.63. The Morgan fingerprint density at radius 2 is 2.20 bits per heavy atom. The number of ether oxygens (including phenoxy) is 1. The van der Waals surface area contributed by atoms with Crippen LogP contribution in [0.25, 0.3) is 0 Å². The van der Waals surface area contributed by atoms with Crippen LogP contribution in [-0.2, 0) is 4.74 Å². The van der Waals surface area contributed by atoms with Gasteiger partial charge in [-0.25, -0.2) is 4.98 Å². The lowest BCUT2D eigenvalue weighted by Gasteiger charge is -2.26. The molecular weight excluding hydrogens is 314 g/mol. The predicted octanol–water partition coefficient (Wildman–Crippen LogP) is 0.738. The number of nitrogens with zero attached hydrogens (tertiary/aromatic N) is 2. The van der Waals surface area contributed by atoms with E-state index in [1.807, 2.05) is 0 Å².